The molecule has 0 heterocycles. The number of aryl methyl sites for hydroxylation is 1. The maximum Gasteiger partial charge on any atom is 0.255 e. The van der Waals surface area contributed by atoms with Crippen molar-refractivity contribution in [1.82, 2.24) is 0 Å². The second kappa shape index (κ2) is 6.12. The number of hydrogen-bond donors (Lipinski definition) is 2. The summed E-state index contributed by atoms with van der Waals surface area (Å²) in [6.07, 6.45) is 0. The molecule has 2 rings (SSSR count). The smallest absolute Gasteiger partial charge is 0.255 e. The number of Topliss-reactive ketones (excluding diaryl/α,β-unsaturated/α-hetero) is 1. The predicted molar refractivity (Wildman–Crippen MR) is 79.0 cm³/mol. The van der Waals surface area contributed by atoms with Crippen LogP contribution in [-0.2, 0) is 0 Å². The summed E-state index contributed by atoms with van der Waals surface area (Å²) in [7, 11) is 0. The Balaban J connectivity index is 2.29. The zero-order valence-electron chi connectivity index (χ0n) is 11.2. The van der Waals surface area contributed by atoms with Gasteiger partial charge in [0.25, 0.3) is 5.91 Å². The fourth-order valence-corrected chi connectivity index (χ4v) is 1.96. The van der Waals surface area contributed by atoms with Crippen molar-refractivity contribution in [3.8, 4) is 0 Å². The van der Waals surface area contributed by atoms with Gasteiger partial charge >= 0.3 is 0 Å². The van der Waals surface area contributed by atoms with Gasteiger partial charge in [-0.25, -0.2) is 0 Å². The zero-order valence-corrected chi connectivity index (χ0v) is 11.2. The molecule has 4 nitrogen and oxygen atoms in total. The van der Waals surface area contributed by atoms with Gasteiger partial charge in [0.2, 0.25) is 0 Å². The summed E-state index contributed by atoms with van der Waals surface area (Å²) in [6.45, 7) is 1.78. The highest BCUT2D eigenvalue weighted by Gasteiger charge is 2.13. The van der Waals surface area contributed by atoms with Gasteiger partial charge in [-0.3, -0.25) is 9.59 Å². The van der Waals surface area contributed by atoms with Gasteiger partial charge < -0.3 is 11.1 Å². The van der Waals surface area contributed by atoms with E-state index < -0.39 is 0 Å². The first-order chi connectivity index (χ1) is 9.63. The van der Waals surface area contributed by atoms with E-state index in [0.717, 1.165) is 5.56 Å². The van der Waals surface area contributed by atoms with Gasteiger partial charge in [-0.05, 0) is 30.7 Å². The highest BCUT2D eigenvalue weighted by Crippen LogP contribution is 2.17. The van der Waals surface area contributed by atoms with Crippen LogP contribution in [-0.4, -0.2) is 18.2 Å². The minimum absolute atomic E-state index is 0.0861. The summed E-state index contributed by atoms with van der Waals surface area (Å²) in [5.74, 6) is -0.439. The number of nitrogens with two attached hydrogens (primary N) is 1. The predicted octanol–water partition coefficient (Wildman–Crippen LogP) is 2.39. The standard InChI is InChI=1S/C16H16N2O2/c1-11-6-2-3-7-12(11)16(20)18-14-9-5-4-8-13(14)15(19)10-17/h2-9H,10,17H2,1H3,(H,18,20). The van der Waals surface area contributed by atoms with Gasteiger partial charge in [0, 0.05) is 11.1 Å². The Hall–Kier alpha value is -2.46. The Morgan fingerprint density at radius 2 is 1.60 bits per heavy atom. The first kappa shape index (κ1) is 14.0. The summed E-state index contributed by atoms with van der Waals surface area (Å²) in [4.78, 5) is 24.0. The number of carbonyl (C=O) groups is 2. The maximum atomic E-state index is 12.2. The molecular formula is C16H16N2O2. The summed E-state index contributed by atoms with van der Waals surface area (Å²) < 4.78 is 0. The average Bonchev–Trinajstić information content (AvgIpc) is 2.47. The van der Waals surface area contributed by atoms with Gasteiger partial charge in [-0.2, -0.15) is 0 Å². The van der Waals surface area contributed by atoms with Crippen molar-refractivity contribution < 1.29 is 9.59 Å². The van der Waals surface area contributed by atoms with E-state index in [1.165, 1.54) is 0 Å². The summed E-state index contributed by atoms with van der Waals surface area (Å²) in [5, 5.41) is 2.77. The van der Waals surface area contributed by atoms with Crippen molar-refractivity contribution in [3.05, 3.63) is 65.2 Å². The Bertz CT molecular complexity index is 650. The van der Waals surface area contributed by atoms with Crippen molar-refractivity contribution in [3.63, 3.8) is 0 Å². The fourth-order valence-electron chi connectivity index (χ4n) is 1.96. The summed E-state index contributed by atoms with van der Waals surface area (Å²) in [6, 6.07) is 14.1. The van der Waals surface area contributed by atoms with E-state index in [4.69, 9.17) is 5.73 Å². The van der Waals surface area contributed by atoms with E-state index in [-0.39, 0.29) is 18.2 Å². The third-order valence-corrected chi connectivity index (χ3v) is 3.05. The molecule has 0 radical (unpaired) electrons. The summed E-state index contributed by atoms with van der Waals surface area (Å²) in [5.41, 5.74) is 7.75. The lowest BCUT2D eigenvalue weighted by Crippen LogP contribution is -2.19. The van der Waals surface area contributed by atoms with Crippen LogP contribution in [0.4, 0.5) is 5.69 Å². The van der Waals surface area contributed by atoms with Crippen LogP contribution in [0.2, 0.25) is 0 Å². The molecule has 0 spiro atoms. The Kier molecular flexibility index (Phi) is 4.27. The zero-order chi connectivity index (χ0) is 14.5. The van der Waals surface area contributed by atoms with Crippen LogP contribution in [0.1, 0.15) is 26.3 Å². The molecule has 4 heteroatoms. The van der Waals surface area contributed by atoms with Crippen LogP contribution in [0.25, 0.3) is 0 Å². The number of amides is 1. The van der Waals surface area contributed by atoms with Crippen LogP contribution in [0.15, 0.2) is 48.5 Å². The van der Waals surface area contributed by atoms with Gasteiger partial charge in [0.1, 0.15) is 0 Å². The molecule has 2 aromatic carbocycles. The van der Waals surface area contributed by atoms with Crippen molar-refractivity contribution in [2.45, 2.75) is 6.92 Å². The first-order valence-electron chi connectivity index (χ1n) is 6.32. The van der Waals surface area contributed by atoms with Crippen molar-refractivity contribution in [1.29, 1.82) is 0 Å². The number of ketones is 1. The Morgan fingerprint density at radius 3 is 2.25 bits per heavy atom. The van der Waals surface area contributed by atoms with Crippen molar-refractivity contribution in [2.75, 3.05) is 11.9 Å². The molecule has 0 atom stereocenters. The molecule has 0 saturated carbocycles. The first-order valence-corrected chi connectivity index (χ1v) is 6.32. The molecule has 0 bridgehead atoms. The lowest BCUT2D eigenvalue weighted by atomic mass is 10.1. The van der Waals surface area contributed by atoms with Gasteiger partial charge in [0.05, 0.1) is 12.2 Å². The largest absolute Gasteiger partial charge is 0.324 e. The lowest BCUT2D eigenvalue weighted by molar-refractivity contribution is 0.100. The van der Waals surface area contributed by atoms with Crippen LogP contribution < -0.4 is 11.1 Å². The van der Waals surface area contributed by atoms with E-state index in [0.29, 0.717) is 16.8 Å². The Morgan fingerprint density at radius 1 is 1.00 bits per heavy atom. The van der Waals surface area contributed by atoms with Crippen molar-refractivity contribution in [2.24, 2.45) is 5.73 Å². The molecule has 0 saturated heterocycles. The molecule has 2 aromatic rings. The normalized spacial score (nSPS) is 10.1. The van der Waals surface area contributed by atoms with Crippen molar-refractivity contribution >= 4 is 17.4 Å². The Labute approximate surface area is 117 Å². The molecule has 3 N–H and O–H groups in total. The van der Waals surface area contributed by atoms with Crippen LogP contribution in [0.5, 0.6) is 0 Å². The highest BCUT2D eigenvalue weighted by molar-refractivity contribution is 6.10. The molecule has 0 aromatic heterocycles. The molecular weight excluding hydrogens is 252 g/mol. The van der Waals surface area contributed by atoms with E-state index in [9.17, 15) is 9.59 Å². The highest BCUT2D eigenvalue weighted by atomic mass is 16.2. The number of benzene rings is 2. The average molecular weight is 268 g/mol. The lowest BCUT2D eigenvalue weighted by Gasteiger charge is -2.11. The third-order valence-electron chi connectivity index (χ3n) is 3.05. The number of para-hydroxylation sites is 1. The third kappa shape index (κ3) is 2.92. The number of nitrogens with one attached hydrogen (secondary N) is 1. The monoisotopic (exact) mass is 268 g/mol. The quantitative estimate of drug-likeness (QED) is 0.836. The summed E-state index contributed by atoms with van der Waals surface area (Å²) >= 11 is 0. The minimum Gasteiger partial charge on any atom is -0.324 e. The molecule has 20 heavy (non-hydrogen) atoms. The fraction of sp³-hybridized carbons (Fsp3) is 0.125. The minimum atomic E-state index is -0.236. The number of anilines is 1. The van der Waals surface area contributed by atoms with E-state index in [1.54, 1.807) is 36.4 Å². The van der Waals surface area contributed by atoms with E-state index in [1.807, 2.05) is 19.1 Å². The number of hydrogen-bond acceptors (Lipinski definition) is 3. The van der Waals surface area contributed by atoms with Gasteiger partial charge in [-0.1, -0.05) is 30.3 Å². The van der Waals surface area contributed by atoms with Crippen LogP contribution >= 0.6 is 0 Å². The number of carbonyl (C=O) groups excluding carboxylic acids is 2. The topological polar surface area (TPSA) is 72.2 Å². The molecule has 1 amide bonds. The van der Waals surface area contributed by atoms with Gasteiger partial charge in [0.15, 0.2) is 5.78 Å². The van der Waals surface area contributed by atoms with Crippen LogP contribution in [0.3, 0.4) is 0 Å². The number of rotatable bonds is 4. The molecule has 0 fully saturated rings. The maximum absolute atomic E-state index is 12.2. The SMILES string of the molecule is Cc1ccccc1C(=O)Nc1ccccc1C(=O)CN. The van der Waals surface area contributed by atoms with E-state index >= 15 is 0 Å². The molecule has 0 aliphatic carbocycles. The van der Waals surface area contributed by atoms with Gasteiger partial charge in [-0.15, -0.1) is 0 Å². The second-order valence-corrected chi connectivity index (χ2v) is 4.44. The molecule has 0 aliphatic rings. The second-order valence-electron chi connectivity index (χ2n) is 4.44. The van der Waals surface area contributed by atoms with E-state index in [2.05, 4.69) is 5.32 Å². The van der Waals surface area contributed by atoms with Crippen LogP contribution in [0, 0.1) is 6.92 Å². The molecule has 0 unspecified atom stereocenters. The molecule has 102 valence electrons. The molecule has 0 aliphatic heterocycles.